The summed E-state index contributed by atoms with van der Waals surface area (Å²) in [7, 11) is 0. The molecular formula is C21H38O3. The van der Waals surface area contributed by atoms with Crippen LogP contribution in [0.3, 0.4) is 0 Å². The maximum Gasteiger partial charge on any atom is 0.156 e. The predicted molar refractivity (Wildman–Crippen MR) is 99.6 cm³/mol. The molecule has 5 atom stereocenters. The van der Waals surface area contributed by atoms with Crippen molar-refractivity contribution < 1.29 is 14.6 Å². The monoisotopic (exact) mass is 338 g/mol. The standard InChI is InChI=1S/C21H38O3/c1-8-23-18(4)24-20(5,6)13-9-11-16(2)17(3)21(7)14-10-12-19(22)15-21/h16-19,22H,8,10-12,14-15H2,1-7H3/t16-,17-,18?,19?,21+/m1/s1. The van der Waals surface area contributed by atoms with Crippen LogP contribution < -0.4 is 0 Å². The van der Waals surface area contributed by atoms with Crippen LogP contribution in [0.4, 0.5) is 0 Å². The molecule has 0 radical (unpaired) electrons. The number of hydrogen-bond donors (Lipinski definition) is 1. The molecule has 0 saturated heterocycles. The minimum Gasteiger partial charge on any atom is -0.393 e. The molecule has 0 aliphatic heterocycles. The van der Waals surface area contributed by atoms with Crippen LogP contribution in [-0.2, 0) is 9.47 Å². The lowest BCUT2D eigenvalue weighted by Gasteiger charge is -2.43. The van der Waals surface area contributed by atoms with Crippen molar-refractivity contribution in [3.63, 3.8) is 0 Å². The second-order valence-corrected chi connectivity index (χ2v) is 8.33. The van der Waals surface area contributed by atoms with Gasteiger partial charge >= 0.3 is 0 Å². The van der Waals surface area contributed by atoms with Gasteiger partial charge in [0, 0.05) is 13.0 Å². The van der Waals surface area contributed by atoms with Crippen LogP contribution in [-0.4, -0.2) is 29.7 Å². The number of hydrogen-bond acceptors (Lipinski definition) is 3. The van der Waals surface area contributed by atoms with Gasteiger partial charge in [-0.25, -0.2) is 0 Å². The molecular weight excluding hydrogens is 300 g/mol. The topological polar surface area (TPSA) is 38.7 Å². The maximum absolute atomic E-state index is 10.0. The normalized spacial score (nSPS) is 28.6. The zero-order valence-electron chi connectivity index (χ0n) is 16.8. The van der Waals surface area contributed by atoms with Crippen molar-refractivity contribution in [3.8, 4) is 11.8 Å². The Bertz CT molecular complexity index is 434. The van der Waals surface area contributed by atoms with Crippen LogP contribution in [0.15, 0.2) is 0 Å². The second kappa shape index (κ2) is 9.22. The summed E-state index contributed by atoms with van der Waals surface area (Å²) in [5.74, 6) is 7.64. The predicted octanol–water partition coefficient (Wildman–Crippen LogP) is 4.77. The highest BCUT2D eigenvalue weighted by Crippen LogP contribution is 2.45. The van der Waals surface area contributed by atoms with E-state index in [4.69, 9.17) is 9.47 Å². The van der Waals surface area contributed by atoms with Crippen LogP contribution in [0, 0.1) is 29.1 Å². The van der Waals surface area contributed by atoms with Gasteiger partial charge in [-0.2, -0.15) is 0 Å². The lowest BCUT2D eigenvalue weighted by molar-refractivity contribution is -0.169. The first-order valence-corrected chi connectivity index (χ1v) is 9.57. The molecule has 0 aromatic rings. The number of ether oxygens (including phenoxy) is 2. The van der Waals surface area contributed by atoms with Gasteiger partial charge < -0.3 is 14.6 Å². The van der Waals surface area contributed by atoms with Crippen molar-refractivity contribution in [1.82, 2.24) is 0 Å². The summed E-state index contributed by atoms with van der Waals surface area (Å²) in [5.41, 5.74) is -0.267. The molecule has 2 unspecified atom stereocenters. The van der Waals surface area contributed by atoms with Crippen LogP contribution in [0.2, 0.25) is 0 Å². The first kappa shape index (κ1) is 21.5. The van der Waals surface area contributed by atoms with Crippen LogP contribution in [0.25, 0.3) is 0 Å². The summed E-state index contributed by atoms with van der Waals surface area (Å²) in [6.45, 7) is 15.4. The quantitative estimate of drug-likeness (QED) is 0.537. The fourth-order valence-corrected chi connectivity index (χ4v) is 3.90. The van der Waals surface area contributed by atoms with Crippen molar-refractivity contribution >= 4 is 0 Å². The van der Waals surface area contributed by atoms with Gasteiger partial charge in [0.05, 0.1) is 6.10 Å². The van der Waals surface area contributed by atoms with Gasteiger partial charge in [-0.3, -0.25) is 0 Å². The van der Waals surface area contributed by atoms with Gasteiger partial charge in [0.15, 0.2) is 6.29 Å². The Kier molecular flexibility index (Phi) is 8.26. The van der Waals surface area contributed by atoms with Gasteiger partial charge in [0.2, 0.25) is 0 Å². The van der Waals surface area contributed by atoms with Crippen LogP contribution in [0.5, 0.6) is 0 Å². The molecule has 1 N–H and O–H groups in total. The molecule has 0 amide bonds. The molecule has 0 heterocycles. The van der Waals surface area contributed by atoms with E-state index in [9.17, 15) is 5.11 Å². The van der Waals surface area contributed by atoms with E-state index in [1.807, 2.05) is 27.7 Å². The lowest BCUT2D eigenvalue weighted by Crippen LogP contribution is -2.37. The number of aliphatic hydroxyl groups excluding tert-OH is 1. The van der Waals surface area contributed by atoms with E-state index in [-0.39, 0.29) is 17.8 Å². The zero-order chi connectivity index (χ0) is 18.4. The molecule has 1 saturated carbocycles. The summed E-state index contributed by atoms with van der Waals surface area (Å²) in [4.78, 5) is 0. The van der Waals surface area contributed by atoms with E-state index in [2.05, 4.69) is 32.6 Å². The third kappa shape index (κ3) is 6.75. The molecule has 3 nitrogen and oxygen atoms in total. The van der Waals surface area contributed by atoms with E-state index < -0.39 is 5.60 Å². The lowest BCUT2D eigenvalue weighted by atomic mass is 9.63. The van der Waals surface area contributed by atoms with Crippen LogP contribution >= 0.6 is 0 Å². The van der Waals surface area contributed by atoms with E-state index in [0.29, 0.717) is 18.4 Å². The fourth-order valence-electron chi connectivity index (χ4n) is 3.90. The molecule has 0 aromatic heterocycles. The van der Waals surface area contributed by atoms with Crippen molar-refractivity contribution in [3.05, 3.63) is 0 Å². The number of rotatable bonds is 7. The molecule has 3 heteroatoms. The Labute approximate surface area is 149 Å². The molecule has 1 aliphatic carbocycles. The third-order valence-electron chi connectivity index (χ3n) is 5.62. The molecule has 1 aliphatic rings. The summed E-state index contributed by atoms with van der Waals surface area (Å²) in [5, 5.41) is 10.0. The zero-order valence-corrected chi connectivity index (χ0v) is 16.8. The summed E-state index contributed by atoms with van der Waals surface area (Å²) in [6.07, 6.45) is 4.73. The highest BCUT2D eigenvalue weighted by Gasteiger charge is 2.38. The maximum atomic E-state index is 10.0. The molecule has 24 heavy (non-hydrogen) atoms. The average Bonchev–Trinajstić information content (AvgIpc) is 2.45. The highest BCUT2D eigenvalue weighted by molar-refractivity contribution is 5.12. The molecule has 0 aromatic carbocycles. The molecule has 1 rings (SSSR count). The number of aliphatic hydroxyl groups is 1. The minimum atomic E-state index is -0.498. The van der Waals surface area contributed by atoms with Crippen molar-refractivity contribution in [1.29, 1.82) is 0 Å². The van der Waals surface area contributed by atoms with E-state index in [0.717, 1.165) is 25.7 Å². The average molecular weight is 339 g/mol. The van der Waals surface area contributed by atoms with Crippen molar-refractivity contribution in [2.45, 2.75) is 98.6 Å². The van der Waals surface area contributed by atoms with E-state index in [1.165, 1.54) is 6.42 Å². The molecule has 1 fully saturated rings. The van der Waals surface area contributed by atoms with E-state index >= 15 is 0 Å². The van der Waals surface area contributed by atoms with Crippen molar-refractivity contribution in [2.75, 3.05) is 6.61 Å². The Morgan fingerprint density at radius 3 is 2.54 bits per heavy atom. The van der Waals surface area contributed by atoms with E-state index in [1.54, 1.807) is 0 Å². The first-order valence-electron chi connectivity index (χ1n) is 9.57. The highest BCUT2D eigenvalue weighted by atomic mass is 16.7. The van der Waals surface area contributed by atoms with Gasteiger partial charge in [-0.15, -0.1) is 0 Å². The van der Waals surface area contributed by atoms with Gasteiger partial charge in [-0.05, 0) is 64.2 Å². The van der Waals surface area contributed by atoms with Gasteiger partial charge in [0.25, 0.3) is 0 Å². The molecule has 0 spiro atoms. The Morgan fingerprint density at radius 1 is 1.29 bits per heavy atom. The SMILES string of the molecule is CCOC(C)OC(C)(C)C#CC[C@@H](C)[C@@H](C)[C@@]1(C)CCCC(O)C1. The summed E-state index contributed by atoms with van der Waals surface area (Å²) >= 11 is 0. The van der Waals surface area contributed by atoms with Gasteiger partial charge in [0.1, 0.15) is 5.60 Å². The summed E-state index contributed by atoms with van der Waals surface area (Å²) < 4.78 is 11.3. The second-order valence-electron chi connectivity index (χ2n) is 8.33. The van der Waals surface area contributed by atoms with Crippen molar-refractivity contribution in [2.24, 2.45) is 17.3 Å². The Morgan fingerprint density at radius 2 is 1.96 bits per heavy atom. The molecule has 0 bridgehead atoms. The van der Waals surface area contributed by atoms with Gasteiger partial charge in [-0.1, -0.05) is 39.0 Å². The van der Waals surface area contributed by atoms with Crippen LogP contribution in [0.1, 0.15) is 80.6 Å². The summed E-state index contributed by atoms with van der Waals surface area (Å²) in [6, 6.07) is 0. The first-order chi connectivity index (χ1) is 11.1. The smallest absolute Gasteiger partial charge is 0.156 e. The Balaban J connectivity index is 2.57. The fraction of sp³-hybridized carbons (Fsp3) is 0.905. The third-order valence-corrected chi connectivity index (χ3v) is 5.62. The molecule has 140 valence electrons. The minimum absolute atomic E-state index is 0.128. The Hall–Kier alpha value is -0.560. The largest absolute Gasteiger partial charge is 0.393 e.